The third-order valence-corrected chi connectivity index (χ3v) is 5.40. The van der Waals surface area contributed by atoms with Gasteiger partial charge in [-0.1, -0.05) is 6.92 Å². The third kappa shape index (κ3) is 2.33. The molecule has 0 saturated carbocycles. The molecule has 1 unspecified atom stereocenters. The Morgan fingerprint density at radius 1 is 1.40 bits per heavy atom. The highest BCUT2D eigenvalue weighted by Crippen LogP contribution is 2.35. The van der Waals surface area contributed by atoms with Crippen LogP contribution in [0.15, 0.2) is 28.1 Å². The van der Waals surface area contributed by atoms with Gasteiger partial charge < -0.3 is 5.11 Å². The average Bonchev–Trinajstić information content (AvgIpc) is 2.84. The van der Waals surface area contributed by atoms with Crippen molar-refractivity contribution in [2.24, 2.45) is 0 Å². The Balaban J connectivity index is 2.28. The lowest BCUT2D eigenvalue weighted by Gasteiger charge is -2.06. The van der Waals surface area contributed by atoms with Crippen LogP contribution in [0, 0.1) is 0 Å². The molecule has 0 aliphatic heterocycles. The third-order valence-electron chi connectivity index (χ3n) is 2.19. The van der Waals surface area contributed by atoms with Crippen LogP contribution in [-0.4, -0.2) is 5.11 Å². The normalized spacial score (nSPS) is 13.0. The Morgan fingerprint density at radius 2 is 2.20 bits per heavy atom. The number of aliphatic hydroxyl groups is 1. The van der Waals surface area contributed by atoms with E-state index in [4.69, 9.17) is 0 Å². The van der Waals surface area contributed by atoms with Crippen molar-refractivity contribution in [1.29, 1.82) is 0 Å². The van der Waals surface area contributed by atoms with Crippen LogP contribution in [0.3, 0.4) is 0 Å². The van der Waals surface area contributed by atoms with Crippen molar-refractivity contribution in [1.82, 2.24) is 0 Å². The molecule has 15 heavy (non-hydrogen) atoms. The maximum atomic E-state index is 10.2. The molecule has 1 atom stereocenters. The monoisotopic (exact) mass is 302 g/mol. The standard InChI is InChI=1S/C11H11BrOS2/c1-2-7-3-4-9(15-7)10(13)11-8(12)5-6-14-11/h3-6,10,13H,2H2,1H3. The summed E-state index contributed by atoms with van der Waals surface area (Å²) in [4.78, 5) is 3.33. The van der Waals surface area contributed by atoms with Gasteiger partial charge in [-0.15, -0.1) is 22.7 Å². The molecule has 0 amide bonds. The Bertz CT molecular complexity index is 447. The molecule has 2 heterocycles. The van der Waals surface area contributed by atoms with E-state index in [1.165, 1.54) is 4.88 Å². The average molecular weight is 303 g/mol. The van der Waals surface area contributed by atoms with Crippen LogP contribution in [-0.2, 0) is 6.42 Å². The van der Waals surface area contributed by atoms with Gasteiger partial charge in [0.1, 0.15) is 6.10 Å². The topological polar surface area (TPSA) is 20.2 Å². The number of aliphatic hydroxyl groups excluding tert-OH is 1. The van der Waals surface area contributed by atoms with Crippen molar-refractivity contribution in [3.8, 4) is 0 Å². The molecule has 80 valence electrons. The van der Waals surface area contributed by atoms with Crippen LogP contribution in [0.4, 0.5) is 0 Å². The van der Waals surface area contributed by atoms with E-state index in [1.54, 1.807) is 22.7 Å². The molecule has 1 N–H and O–H groups in total. The molecule has 0 aromatic carbocycles. The SMILES string of the molecule is CCc1ccc(C(O)c2sccc2Br)s1. The molecule has 2 rings (SSSR count). The number of thiophene rings is 2. The molecule has 0 radical (unpaired) electrons. The zero-order valence-electron chi connectivity index (χ0n) is 8.24. The lowest BCUT2D eigenvalue weighted by molar-refractivity contribution is 0.227. The fraction of sp³-hybridized carbons (Fsp3) is 0.273. The first kappa shape index (κ1) is 11.3. The maximum Gasteiger partial charge on any atom is 0.123 e. The second kappa shape index (κ2) is 4.78. The van der Waals surface area contributed by atoms with Gasteiger partial charge >= 0.3 is 0 Å². The van der Waals surface area contributed by atoms with Crippen molar-refractivity contribution < 1.29 is 5.11 Å². The molecule has 0 bridgehead atoms. The fourth-order valence-electron chi connectivity index (χ4n) is 1.36. The van der Waals surface area contributed by atoms with E-state index in [1.807, 2.05) is 17.5 Å². The van der Waals surface area contributed by atoms with Crippen LogP contribution in [0.2, 0.25) is 0 Å². The van der Waals surface area contributed by atoms with Crippen LogP contribution >= 0.6 is 38.6 Å². The zero-order chi connectivity index (χ0) is 10.8. The van der Waals surface area contributed by atoms with Gasteiger partial charge in [0, 0.05) is 14.2 Å². The second-order valence-corrected chi connectivity index (χ2v) is 6.19. The van der Waals surface area contributed by atoms with Gasteiger partial charge in [0.2, 0.25) is 0 Å². The van der Waals surface area contributed by atoms with Crippen molar-refractivity contribution >= 4 is 38.6 Å². The first-order chi connectivity index (χ1) is 7.22. The molecule has 0 aliphatic carbocycles. The van der Waals surface area contributed by atoms with Crippen LogP contribution in [0.5, 0.6) is 0 Å². The molecule has 0 spiro atoms. The Kier molecular flexibility index (Phi) is 3.61. The quantitative estimate of drug-likeness (QED) is 0.900. The number of halogens is 1. The lowest BCUT2D eigenvalue weighted by Crippen LogP contribution is -1.93. The van der Waals surface area contributed by atoms with E-state index in [-0.39, 0.29) is 0 Å². The minimum Gasteiger partial charge on any atom is -0.382 e. The molecular weight excluding hydrogens is 292 g/mol. The summed E-state index contributed by atoms with van der Waals surface area (Å²) in [5, 5.41) is 12.1. The van der Waals surface area contributed by atoms with E-state index in [0.29, 0.717) is 0 Å². The van der Waals surface area contributed by atoms with Gasteiger partial charge in [0.15, 0.2) is 0 Å². The molecule has 2 aromatic heterocycles. The number of aryl methyl sites for hydroxylation is 1. The summed E-state index contributed by atoms with van der Waals surface area (Å²) in [7, 11) is 0. The minimum absolute atomic E-state index is 0.482. The molecule has 2 aromatic rings. The highest BCUT2D eigenvalue weighted by molar-refractivity contribution is 9.10. The second-order valence-electron chi connectivity index (χ2n) is 3.19. The van der Waals surface area contributed by atoms with E-state index in [2.05, 4.69) is 28.9 Å². The smallest absolute Gasteiger partial charge is 0.123 e. The highest BCUT2D eigenvalue weighted by atomic mass is 79.9. The predicted octanol–water partition coefficient (Wildman–Crippen LogP) is 4.22. The van der Waals surface area contributed by atoms with Crippen LogP contribution in [0.1, 0.15) is 27.7 Å². The van der Waals surface area contributed by atoms with Gasteiger partial charge in [-0.05, 0) is 45.9 Å². The maximum absolute atomic E-state index is 10.2. The summed E-state index contributed by atoms with van der Waals surface area (Å²) in [5.41, 5.74) is 0. The molecular formula is C11H11BrOS2. The van der Waals surface area contributed by atoms with Crippen molar-refractivity contribution in [3.05, 3.63) is 42.7 Å². The van der Waals surface area contributed by atoms with E-state index in [9.17, 15) is 5.11 Å². The summed E-state index contributed by atoms with van der Waals surface area (Å²) in [5.74, 6) is 0. The van der Waals surface area contributed by atoms with Gasteiger partial charge in [-0.25, -0.2) is 0 Å². The van der Waals surface area contributed by atoms with Crippen LogP contribution in [0.25, 0.3) is 0 Å². The van der Waals surface area contributed by atoms with E-state index >= 15 is 0 Å². The van der Waals surface area contributed by atoms with Gasteiger partial charge in [0.25, 0.3) is 0 Å². The van der Waals surface area contributed by atoms with E-state index < -0.39 is 6.10 Å². The Hall–Kier alpha value is -0.160. The minimum atomic E-state index is -0.482. The number of rotatable bonds is 3. The molecule has 0 saturated heterocycles. The molecule has 0 aliphatic rings. The molecule has 0 fully saturated rings. The van der Waals surface area contributed by atoms with E-state index in [0.717, 1.165) is 20.6 Å². The summed E-state index contributed by atoms with van der Waals surface area (Å²) < 4.78 is 0.992. The number of hydrogen-bond donors (Lipinski definition) is 1. The highest BCUT2D eigenvalue weighted by Gasteiger charge is 2.16. The van der Waals surface area contributed by atoms with Gasteiger partial charge in [-0.2, -0.15) is 0 Å². The Labute approximate surface area is 106 Å². The van der Waals surface area contributed by atoms with Crippen molar-refractivity contribution in [3.63, 3.8) is 0 Å². The summed E-state index contributed by atoms with van der Waals surface area (Å²) >= 11 is 6.71. The Morgan fingerprint density at radius 3 is 2.73 bits per heavy atom. The predicted molar refractivity (Wildman–Crippen MR) is 69.8 cm³/mol. The molecule has 1 nitrogen and oxygen atoms in total. The van der Waals surface area contributed by atoms with Gasteiger partial charge in [0.05, 0.1) is 4.88 Å². The first-order valence-corrected chi connectivity index (χ1v) is 7.21. The van der Waals surface area contributed by atoms with Crippen molar-refractivity contribution in [2.45, 2.75) is 19.4 Å². The summed E-state index contributed by atoms with van der Waals surface area (Å²) in [6.45, 7) is 2.13. The molecule has 4 heteroatoms. The van der Waals surface area contributed by atoms with Crippen LogP contribution < -0.4 is 0 Å². The largest absolute Gasteiger partial charge is 0.382 e. The number of hydrogen-bond acceptors (Lipinski definition) is 3. The summed E-state index contributed by atoms with van der Waals surface area (Å²) in [6.07, 6.45) is 0.549. The lowest BCUT2D eigenvalue weighted by atomic mass is 10.2. The first-order valence-electron chi connectivity index (χ1n) is 4.72. The van der Waals surface area contributed by atoms with Gasteiger partial charge in [-0.3, -0.25) is 0 Å². The zero-order valence-corrected chi connectivity index (χ0v) is 11.5. The van der Waals surface area contributed by atoms with Crippen molar-refractivity contribution in [2.75, 3.05) is 0 Å². The summed E-state index contributed by atoms with van der Waals surface area (Å²) in [6, 6.07) is 6.07. The fourth-order valence-corrected chi connectivity index (χ4v) is 3.98.